The van der Waals surface area contributed by atoms with Crippen LogP contribution >= 0.6 is 12.4 Å². The molecule has 1 aliphatic heterocycles. The van der Waals surface area contributed by atoms with E-state index in [-0.39, 0.29) is 23.7 Å². The van der Waals surface area contributed by atoms with Gasteiger partial charge >= 0.3 is 0 Å². The SMILES string of the molecule is Cl.Nc1ccc(C(=O)NCC2(c3ccc4c(c3)OCCO4)CCCC2)cc1. The number of hydrogen-bond donors (Lipinski definition) is 2. The first-order valence-electron chi connectivity index (χ1n) is 9.20. The van der Waals surface area contributed by atoms with Gasteiger partial charge in [0, 0.05) is 23.2 Å². The van der Waals surface area contributed by atoms with E-state index in [0.29, 0.717) is 31.0 Å². The number of benzene rings is 2. The molecule has 6 heteroatoms. The van der Waals surface area contributed by atoms with Gasteiger partial charge in [-0.1, -0.05) is 18.9 Å². The van der Waals surface area contributed by atoms with Gasteiger partial charge in [-0.15, -0.1) is 12.4 Å². The van der Waals surface area contributed by atoms with Crippen LogP contribution in [-0.2, 0) is 5.41 Å². The zero-order valence-electron chi connectivity index (χ0n) is 15.2. The van der Waals surface area contributed by atoms with Crippen LogP contribution in [0.1, 0.15) is 41.6 Å². The Balaban J connectivity index is 0.00000210. The summed E-state index contributed by atoms with van der Waals surface area (Å²) >= 11 is 0. The van der Waals surface area contributed by atoms with Gasteiger partial charge in [-0.25, -0.2) is 0 Å². The molecule has 0 radical (unpaired) electrons. The fourth-order valence-electron chi connectivity index (χ4n) is 3.98. The number of halogens is 1. The van der Waals surface area contributed by atoms with Crippen LogP contribution in [0.4, 0.5) is 5.69 Å². The second kappa shape index (κ2) is 8.09. The number of amides is 1. The maximum Gasteiger partial charge on any atom is 0.251 e. The molecule has 5 nitrogen and oxygen atoms in total. The average molecular weight is 389 g/mol. The maximum absolute atomic E-state index is 12.5. The molecule has 0 aromatic heterocycles. The predicted octanol–water partition coefficient (Wildman–Crippen LogP) is 3.70. The minimum absolute atomic E-state index is 0. The van der Waals surface area contributed by atoms with Crippen LogP contribution in [0, 0.1) is 0 Å². The molecule has 1 amide bonds. The number of rotatable bonds is 4. The molecule has 0 unspecified atom stereocenters. The van der Waals surface area contributed by atoms with Crippen molar-refractivity contribution >= 4 is 24.0 Å². The summed E-state index contributed by atoms with van der Waals surface area (Å²) in [6.07, 6.45) is 4.47. The number of carbonyl (C=O) groups is 1. The van der Waals surface area contributed by atoms with Gasteiger partial charge in [0.1, 0.15) is 13.2 Å². The van der Waals surface area contributed by atoms with Crippen LogP contribution in [-0.4, -0.2) is 25.7 Å². The molecular weight excluding hydrogens is 364 g/mol. The molecule has 4 rings (SSSR count). The first-order chi connectivity index (χ1) is 12.7. The standard InChI is InChI=1S/C21H24N2O3.ClH/c22-17-6-3-15(4-7-17)20(24)23-14-21(9-1-2-10-21)16-5-8-18-19(13-16)26-12-11-25-18;/h3-8,13H,1-2,9-12,14,22H2,(H,23,24);1H. The maximum atomic E-state index is 12.5. The number of fused-ring (bicyclic) bond motifs is 1. The lowest BCUT2D eigenvalue weighted by Gasteiger charge is -2.31. The Labute approximate surface area is 165 Å². The van der Waals surface area contributed by atoms with Crippen LogP contribution in [0.5, 0.6) is 11.5 Å². The molecule has 0 bridgehead atoms. The summed E-state index contributed by atoms with van der Waals surface area (Å²) in [5, 5.41) is 3.13. The Hall–Kier alpha value is -2.40. The molecule has 2 aliphatic rings. The van der Waals surface area contributed by atoms with Crippen LogP contribution in [0.15, 0.2) is 42.5 Å². The summed E-state index contributed by atoms with van der Waals surface area (Å²) in [5.41, 5.74) is 8.17. The summed E-state index contributed by atoms with van der Waals surface area (Å²) in [5.74, 6) is 1.55. The Morgan fingerprint density at radius 1 is 1.00 bits per heavy atom. The molecule has 0 saturated heterocycles. The molecule has 1 saturated carbocycles. The highest BCUT2D eigenvalue weighted by molar-refractivity contribution is 5.94. The quantitative estimate of drug-likeness (QED) is 0.783. The van der Waals surface area contributed by atoms with Gasteiger partial charge in [-0.2, -0.15) is 0 Å². The molecule has 27 heavy (non-hydrogen) atoms. The lowest BCUT2D eigenvalue weighted by Crippen LogP contribution is -2.39. The number of ether oxygens (including phenoxy) is 2. The molecule has 1 heterocycles. The van der Waals surface area contributed by atoms with E-state index in [0.717, 1.165) is 24.3 Å². The fourth-order valence-corrected chi connectivity index (χ4v) is 3.98. The molecule has 144 valence electrons. The third-order valence-electron chi connectivity index (χ3n) is 5.48. The zero-order chi connectivity index (χ0) is 18.0. The van der Waals surface area contributed by atoms with E-state index in [2.05, 4.69) is 17.4 Å². The van der Waals surface area contributed by atoms with Gasteiger partial charge < -0.3 is 20.5 Å². The van der Waals surface area contributed by atoms with Crippen molar-refractivity contribution in [2.75, 3.05) is 25.5 Å². The first-order valence-corrected chi connectivity index (χ1v) is 9.20. The third-order valence-corrected chi connectivity index (χ3v) is 5.48. The van der Waals surface area contributed by atoms with E-state index in [1.165, 1.54) is 18.4 Å². The van der Waals surface area contributed by atoms with E-state index in [1.807, 2.05) is 6.07 Å². The van der Waals surface area contributed by atoms with Crippen molar-refractivity contribution in [2.24, 2.45) is 0 Å². The Bertz CT molecular complexity index is 802. The first kappa shape index (κ1) is 19.4. The van der Waals surface area contributed by atoms with Crippen molar-refractivity contribution in [3.63, 3.8) is 0 Å². The Morgan fingerprint density at radius 3 is 2.37 bits per heavy atom. The number of hydrogen-bond acceptors (Lipinski definition) is 4. The highest BCUT2D eigenvalue weighted by atomic mass is 35.5. The second-order valence-electron chi connectivity index (χ2n) is 7.15. The Kier molecular flexibility index (Phi) is 5.80. The fraction of sp³-hybridized carbons (Fsp3) is 0.381. The van der Waals surface area contributed by atoms with E-state index < -0.39 is 0 Å². The van der Waals surface area contributed by atoms with Crippen molar-refractivity contribution in [2.45, 2.75) is 31.1 Å². The Morgan fingerprint density at radius 2 is 1.67 bits per heavy atom. The lowest BCUT2D eigenvalue weighted by atomic mass is 9.78. The molecule has 2 aromatic carbocycles. The summed E-state index contributed by atoms with van der Waals surface area (Å²) < 4.78 is 11.4. The van der Waals surface area contributed by atoms with Crippen molar-refractivity contribution in [1.82, 2.24) is 5.32 Å². The number of nitrogens with two attached hydrogens (primary N) is 1. The van der Waals surface area contributed by atoms with Gasteiger partial charge in [-0.05, 0) is 54.8 Å². The monoisotopic (exact) mass is 388 g/mol. The predicted molar refractivity (Wildman–Crippen MR) is 108 cm³/mol. The van der Waals surface area contributed by atoms with Gasteiger partial charge in [0.25, 0.3) is 5.91 Å². The van der Waals surface area contributed by atoms with Gasteiger partial charge in [0.15, 0.2) is 11.5 Å². The summed E-state index contributed by atoms with van der Waals surface area (Å²) in [4.78, 5) is 12.5. The molecular formula is C21H25ClN2O3. The lowest BCUT2D eigenvalue weighted by molar-refractivity contribution is 0.0943. The molecule has 3 N–H and O–H groups in total. The van der Waals surface area contributed by atoms with Crippen molar-refractivity contribution in [1.29, 1.82) is 0 Å². The molecule has 1 aliphatic carbocycles. The van der Waals surface area contributed by atoms with Crippen LogP contribution in [0.3, 0.4) is 0 Å². The highest BCUT2D eigenvalue weighted by Gasteiger charge is 2.36. The van der Waals surface area contributed by atoms with Gasteiger partial charge in [0.2, 0.25) is 0 Å². The molecule has 2 aromatic rings. The topological polar surface area (TPSA) is 73.6 Å². The molecule has 0 spiro atoms. The van der Waals surface area contributed by atoms with Gasteiger partial charge in [-0.3, -0.25) is 4.79 Å². The van der Waals surface area contributed by atoms with E-state index in [1.54, 1.807) is 24.3 Å². The summed E-state index contributed by atoms with van der Waals surface area (Å²) in [7, 11) is 0. The van der Waals surface area contributed by atoms with Crippen molar-refractivity contribution < 1.29 is 14.3 Å². The van der Waals surface area contributed by atoms with Crippen LogP contribution < -0.4 is 20.5 Å². The largest absolute Gasteiger partial charge is 0.486 e. The zero-order valence-corrected chi connectivity index (χ0v) is 16.0. The van der Waals surface area contributed by atoms with Gasteiger partial charge in [0.05, 0.1) is 0 Å². The van der Waals surface area contributed by atoms with E-state index >= 15 is 0 Å². The van der Waals surface area contributed by atoms with E-state index in [4.69, 9.17) is 15.2 Å². The number of anilines is 1. The number of nitrogen functional groups attached to an aromatic ring is 1. The molecule has 0 atom stereocenters. The highest BCUT2D eigenvalue weighted by Crippen LogP contribution is 2.43. The third kappa shape index (κ3) is 3.98. The van der Waals surface area contributed by atoms with Crippen molar-refractivity contribution in [3.05, 3.63) is 53.6 Å². The second-order valence-corrected chi connectivity index (χ2v) is 7.15. The van der Waals surface area contributed by atoms with Crippen LogP contribution in [0.25, 0.3) is 0 Å². The average Bonchev–Trinajstić information content (AvgIpc) is 3.16. The van der Waals surface area contributed by atoms with Crippen LogP contribution in [0.2, 0.25) is 0 Å². The number of carbonyl (C=O) groups excluding carboxylic acids is 1. The minimum Gasteiger partial charge on any atom is -0.486 e. The molecule has 1 fully saturated rings. The number of nitrogens with one attached hydrogen (secondary N) is 1. The van der Waals surface area contributed by atoms with Crippen molar-refractivity contribution in [3.8, 4) is 11.5 Å². The summed E-state index contributed by atoms with van der Waals surface area (Å²) in [6.45, 7) is 1.79. The van der Waals surface area contributed by atoms with E-state index in [9.17, 15) is 4.79 Å². The normalized spacial score (nSPS) is 17.0. The minimum atomic E-state index is -0.0613. The smallest absolute Gasteiger partial charge is 0.251 e. The summed E-state index contributed by atoms with van der Waals surface area (Å²) in [6, 6.07) is 13.2.